The molecule has 0 unspecified atom stereocenters. The quantitative estimate of drug-likeness (QED) is 0.427. The van der Waals surface area contributed by atoms with Gasteiger partial charge in [0, 0.05) is 17.5 Å². The van der Waals surface area contributed by atoms with Crippen molar-refractivity contribution < 1.29 is 21.6 Å². The van der Waals surface area contributed by atoms with Crippen LogP contribution >= 0.6 is 11.3 Å². The maximum absolute atomic E-state index is 12.7. The van der Waals surface area contributed by atoms with Gasteiger partial charge in [-0.05, 0) is 48.5 Å². The Balaban J connectivity index is 1.54. The third-order valence-corrected chi connectivity index (χ3v) is 7.88. The fraction of sp³-hybridized carbons (Fsp3) is 0.0476. The molecule has 1 heterocycles. The molecule has 0 fully saturated rings. The Labute approximate surface area is 188 Å². The van der Waals surface area contributed by atoms with Crippen molar-refractivity contribution in [3.8, 4) is 0 Å². The van der Waals surface area contributed by atoms with Crippen molar-refractivity contribution in [2.75, 3.05) is 16.3 Å². The van der Waals surface area contributed by atoms with Crippen molar-refractivity contribution in [3.63, 3.8) is 0 Å². The van der Waals surface area contributed by atoms with E-state index in [2.05, 4.69) is 15.0 Å². The second-order valence-corrected chi connectivity index (χ2v) is 11.6. The zero-order valence-electron chi connectivity index (χ0n) is 16.6. The van der Waals surface area contributed by atoms with Gasteiger partial charge in [-0.3, -0.25) is 14.8 Å². The van der Waals surface area contributed by atoms with E-state index in [1.807, 2.05) is 0 Å². The average Bonchev–Trinajstić information content (AvgIpc) is 3.15. The van der Waals surface area contributed by atoms with E-state index in [-0.39, 0.29) is 21.0 Å². The molecule has 32 heavy (non-hydrogen) atoms. The van der Waals surface area contributed by atoms with Gasteiger partial charge in [0.05, 0.1) is 20.0 Å². The lowest BCUT2D eigenvalue weighted by Crippen LogP contribution is -2.15. The van der Waals surface area contributed by atoms with Crippen LogP contribution in [0.3, 0.4) is 0 Å². The molecule has 4 aromatic rings. The average molecular weight is 488 g/mol. The Hall–Kier alpha value is -3.28. The lowest BCUT2D eigenvalue weighted by atomic mass is 10.2. The highest BCUT2D eigenvalue weighted by Gasteiger charge is 2.16. The van der Waals surface area contributed by atoms with Gasteiger partial charge in [-0.15, -0.1) is 0 Å². The number of sulfonamides is 1. The molecular formula is C21H17N3O5S3. The van der Waals surface area contributed by atoms with Gasteiger partial charge in [0.1, 0.15) is 0 Å². The normalized spacial score (nSPS) is 11.9. The van der Waals surface area contributed by atoms with Gasteiger partial charge in [-0.1, -0.05) is 35.6 Å². The summed E-state index contributed by atoms with van der Waals surface area (Å²) in [6.45, 7) is 0. The number of thiazole rings is 1. The Kier molecular flexibility index (Phi) is 5.71. The zero-order chi connectivity index (χ0) is 22.9. The Morgan fingerprint density at radius 2 is 1.62 bits per heavy atom. The predicted octanol–water partition coefficient (Wildman–Crippen LogP) is 3.75. The van der Waals surface area contributed by atoms with E-state index < -0.39 is 25.8 Å². The van der Waals surface area contributed by atoms with Gasteiger partial charge < -0.3 is 0 Å². The molecular weight excluding hydrogens is 470 g/mol. The minimum Gasteiger partial charge on any atom is -0.298 e. The summed E-state index contributed by atoms with van der Waals surface area (Å²) in [5.41, 5.74) is 1.03. The molecule has 2 N–H and O–H groups in total. The van der Waals surface area contributed by atoms with Gasteiger partial charge in [0.2, 0.25) is 0 Å². The smallest absolute Gasteiger partial charge is 0.261 e. The topological polar surface area (TPSA) is 122 Å². The standard InChI is InChI=1S/C21H17N3O5S3/c1-31(26,27)17-10-11-18-19(13-17)30-21(22-18)23-20(25)14-6-5-7-15(12-14)24-32(28,29)16-8-3-2-4-9-16/h2-13,24H,1H3,(H,22,23,25). The SMILES string of the molecule is CS(=O)(=O)c1ccc2nc(NC(=O)c3cccc(NS(=O)(=O)c4ccccc4)c3)sc2c1. The molecule has 4 rings (SSSR count). The van der Waals surface area contributed by atoms with Crippen LogP contribution < -0.4 is 10.0 Å². The first-order valence-electron chi connectivity index (χ1n) is 9.22. The summed E-state index contributed by atoms with van der Waals surface area (Å²) in [4.78, 5) is 17.3. The number of nitrogens with zero attached hydrogens (tertiary/aromatic N) is 1. The van der Waals surface area contributed by atoms with Crippen LogP contribution in [-0.2, 0) is 19.9 Å². The van der Waals surface area contributed by atoms with Crippen molar-refractivity contribution in [3.05, 3.63) is 78.4 Å². The lowest BCUT2D eigenvalue weighted by molar-refractivity contribution is 0.102. The molecule has 0 bridgehead atoms. The Bertz CT molecular complexity index is 1530. The fourth-order valence-electron chi connectivity index (χ4n) is 2.90. The number of anilines is 2. The summed E-state index contributed by atoms with van der Waals surface area (Å²) in [6.07, 6.45) is 1.12. The molecule has 0 spiro atoms. The number of aromatic nitrogens is 1. The highest BCUT2D eigenvalue weighted by Crippen LogP contribution is 2.28. The molecule has 11 heteroatoms. The highest BCUT2D eigenvalue weighted by atomic mass is 32.2. The highest BCUT2D eigenvalue weighted by molar-refractivity contribution is 7.92. The number of hydrogen-bond donors (Lipinski definition) is 2. The second-order valence-electron chi connectivity index (χ2n) is 6.87. The first-order valence-corrected chi connectivity index (χ1v) is 13.4. The predicted molar refractivity (Wildman–Crippen MR) is 124 cm³/mol. The monoisotopic (exact) mass is 487 g/mol. The first kappa shape index (κ1) is 21.9. The largest absolute Gasteiger partial charge is 0.298 e. The van der Waals surface area contributed by atoms with Crippen molar-refractivity contribution >= 4 is 58.1 Å². The number of amides is 1. The van der Waals surface area contributed by atoms with Crippen molar-refractivity contribution in [1.29, 1.82) is 0 Å². The number of sulfone groups is 1. The van der Waals surface area contributed by atoms with Crippen LogP contribution in [0.25, 0.3) is 10.2 Å². The summed E-state index contributed by atoms with van der Waals surface area (Å²) >= 11 is 1.14. The number of benzene rings is 3. The van der Waals surface area contributed by atoms with E-state index in [9.17, 15) is 21.6 Å². The van der Waals surface area contributed by atoms with E-state index in [0.717, 1.165) is 17.6 Å². The van der Waals surface area contributed by atoms with Gasteiger partial charge in [0.25, 0.3) is 15.9 Å². The molecule has 0 saturated heterocycles. The van der Waals surface area contributed by atoms with Crippen molar-refractivity contribution in [1.82, 2.24) is 4.98 Å². The third kappa shape index (κ3) is 4.79. The maximum atomic E-state index is 12.7. The van der Waals surface area contributed by atoms with Gasteiger partial charge in [-0.25, -0.2) is 21.8 Å². The van der Waals surface area contributed by atoms with Crippen molar-refractivity contribution in [2.24, 2.45) is 0 Å². The number of carbonyl (C=O) groups excluding carboxylic acids is 1. The van der Waals surface area contributed by atoms with Crippen LogP contribution in [0, 0.1) is 0 Å². The van der Waals surface area contributed by atoms with Crippen LogP contribution in [0.15, 0.2) is 82.6 Å². The van der Waals surface area contributed by atoms with E-state index >= 15 is 0 Å². The van der Waals surface area contributed by atoms with E-state index in [0.29, 0.717) is 15.3 Å². The molecule has 8 nitrogen and oxygen atoms in total. The van der Waals surface area contributed by atoms with Crippen molar-refractivity contribution in [2.45, 2.75) is 9.79 Å². The maximum Gasteiger partial charge on any atom is 0.261 e. The molecule has 0 aliphatic rings. The molecule has 1 amide bonds. The minimum absolute atomic E-state index is 0.109. The van der Waals surface area contributed by atoms with Crippen LogP contribution in [0.2, 0.25) is 0 Å². The number of hydrogen-bond acceptors (Lipinski definition) is 7. The van der Waals surface area contributed by atoms with Gasteiger partial charge >= 0.3 is 0 Å². The number of carbonyl (C=O) groups is 1. The third-order valence-electron chi connectivity index (χ3n) is 4.44. The summed E-state index contributed by atoms with van der Waals surface area (Å²) in [7, 11) is -7.14. The van der Waals surface area contributed by atoms with Crippen LogP contribution in [0.1, 0.15) is 10.4 Å². The molecule has 0 saturated carbocycles. The van der Waals surface area contributed by atoms with Crippen LogP contribution in [0.4, 0.5) is 10.8 Å². The summed E-state index contributed by atoms with van der Waals surface area (Å²) in [5.74, 6) is -0.479. The summed E-state index contributed by atoms with van der Waals surface area (Å²) < 4.78 is 51.6. The Morgan fingerprint density at radius 3 is 2.34 bits per heavy atom. The number of fused-ring (bicyclic) bond motifs is 1. The molecule has 0 atom stereocenters. The van der Waals surface area contributed by atoms with E-state index in [4.69, 9.17) is 0 Å². The van der Waals surface area contributed by atoms with E-state index in [1.54, 1.807) is 42.5 Å². The molecule has 0 radical (unpaired) electrons. The van der Waals surface area contributed by atoms with Crippen LogP contribution in [0.5, 0.6) is 0 Å². The van der Waals surface area contributed by atoms with Gasteiger partial charge in [-0.2, -0.15) is 0 Å². The fourth-order valence-corrected chi connectivity index (χ4v) is 5.59. The number of rotatable bonds is 6. The first-order chi connectivity index (χ1) is 15.1. The second kappa shape index (κ2) is 8.34. The molecule has 164 valence electrons. The minimum atomic E-state index is -3.79. The lowest BCUT2D eigenvalue weighted by Gasteiger charge is -2.09. The molecule has 0 aliphatic heterocycles. The van der Waals surface area contributed by atoms with Crippen LogP contribution in [-0.4, -0.2) is 34.0 Å². The molecule has 3 aromatic carbocycles. The summed E-state index contributed by atoms with van der Waals surface area (Å²) in [5, 5.41) is 2.97. The zero-order valence-corrected chi connectivity index (χ0v) is 19.1. The Morgan fingerprint density at radius 1 is 0.875 bits per heavy atom. The number of nitrogens with one attached hydrogen (secondary N) is 2. The van der Waals surface area contributed by atoms with E-state index in [1.165, 1.54) is 30.3 Å². The molecule has 0 aliphatic carbocycles. The molecule has 1 aromatic heterocycles. The summed E-state index contributed by atoms with van der Waals surface area (Å²) in [6, 6.07) is 18.5. The van der Waals surface area contributed by atoms with Gasteiger partial charge in [0.15, 0.2) is 15.0 Å².